The summed E-state index contributed by atoms with van der Waals surface area (Å²) in [5.74, 6) is 0.0754. The van der Waals surface area contributed by atoms with E-state index < -0.39 is 0 Å². The van der Waals surface area contributed by atoms with Crippen LogP contribution in [0.4, 0.5) is 0 Å². The predicted octanol–water partition coefficient (Wildman–Crippen LogP) is 4.07. The van der Waals surface area contributed by atoms with Crippen molar-refractivity contribution in [2.45, 2.75) is 46.4 Å². The zero-order chi connectivity index (χ0) is 19.8. The van der Waals surface area contributed by atoms with Crippen LogP contribution < -0.4 is 4.74 Å². The first-order chi connectivity index (χ1) is 12.9. The number of hydrogen-bond donors (Lipinski definition) is 0. The summed E-state index contributed by atoms with van der Waals surface area (Å²) in [7, 11) is 0. The predicted molar refractivity (Wildman–Crippen MR) is 105 cm³/mol. The van der Waals surface area contributed by atoms with Crippen LogP contribution in [-0.4, -0.2) is 35.5 Å². The van der Waals surface area contributed by atoms with Crippen molar-refractivity contribution in [3.63, 3.8) is 0 Å². The van der Waals surface area contributed by atoms with Crippen molar-refractivity contribution in [2.75, 3.05) is 6.61 Å². The maximum absolute atomic E-state index is 12.6. The second-order valence-corrected chi connectivity index (χ2v) is 6.87. The summed E-state index contributed by atoms with van der Waals surface area (Å²) in [4.78, 5) is 26.2. The van der Waals surface area contributed by atoms with E-state index in [0.717, 1.165) is 5.56 Å². The third-order valence-corrected chi connectivity index (χ3v) is 3.93. The van der Waals surface area contributed by atoms with E-state index in [9.17, 15) is 9.59 Å². The number of carbonyl (C=O) groups is 2. The Morgan fingerprint density at radius 3 is 2.11 bits per heavy atom. The van der Waals surface area contributed by atoms with E-state index in [1.807, 2.05) is 44.2 Å². The molecule has 27 heavy (non-hydrogen) atoms. The quantitative estimate of drug-likeness (QED) is 0.658. The summed E-state index contributed by atoms with van der Waals surface area (Å²) >= 11 is 0. The van der Waals surface area contributed by atoms with Gasteiger partial charge < -0.3 is 14.4 Å². The summed E-state index contributed by atoms with van der Waals surface area (Å²) in [6, 6.07) is 16.5. The van der Waals surface area contributed by atoms with Gasteiger partial charge in [0.05, 0.1) is 11.7 Å². The Kier molecular flexibility index (Phi) is 7.41. The van der Waals surface area contributed by atoms with Crippen molar-refractivity contribution in [3.8, 4) is 5.75 Å². The average Bonchev–Trinajstić information content (AvgIpc) is 2.64. The van der Waals surface area contributed by atoms with Crippen LogP contribution in [0.25, 0.3) is 0 Å². The van der Waals surface area contributed by atoms with E-state index in [2.05, 4.69) is 0 Å². The van der Waals surface area contributed by atoms with Gasteiger partial charge in [-0.2, -0.15) is 0 Å². The van der Waals surface area contributed by atoms with Crippen LogP contribution in [0.3, 0.4) is 0 Å². The van der Waals surface area contributed by atoms with Crippen molar-refractivity contribution in [1.82, 2.24) is 4.90 Å². The molecule has 0 heterocycles. The maximum atomic E-state index is 12.6. The Bertz CT molecular complexity index is 739. The van der Waals surface area contributed by atoms with E-state index in [0.29, 0.717) is 17.9 Å². The number of ether oxygens (including phenoxy) is 2. The van der Waals surface area contributed by atoms with Gasteiger partial charge in [-0.25, -0.2) is 4.79 Å². The fraction of sp³-hybridized carbons (Fsp3) is 0.364. The van der Waals surface area contributed by atoms with Gasteiger partial charge in [0, 0.05) is 12.6 Å². The van der Waals surface area contributed by atoms with E-state index in [1.165, 1.54) is 0 Å². The number of hydrogen-bond acceptors (Lipinski definition) is 4. The molecule has 0 atom stereocenters. The molecule has 2 rings (SSSR count). The number of benzene rings is 2. The third kappa shape index (κ3) is 6.44. The zero-order valence-electron chi connectivity index (χ0n) is 16.3. The van der Waals surface area contributed by atoms with Gasteiger partial charge in [-0.15, -0.1) is 0 Å². The molecule has 144 valence electrons. The largest absolute Gasteiger partial charge is 0.484 e. The zero-order valence-corrected chi connectivity index (χ0v) is 16.3. The van der Waals surface area contributed by atoms with E-state index in [-0.39, 0.29) is 30.6 Å². The van der Waals surface area contributed by atoms with Crippen LogP contribution in [0.1, 0.15) is 43.6 Å². The van der Waals surface area contributed by atoms with E-state index >= 15 is 0 Å². The van der Waals surface area contributed by atoms with E-state index in [1.54, 1.807) is 43.0 Å². The van der Waals surface area contributed by atoms with Crippen molar-refractivity contribution in [2.24, 2.45) is 0 Å². The standard InChI is InChI=1S/C22H27NO4/c1-16(2)23(14-18-8-6-5-7-9-18)21(24)15-26-20-12-10-19(11-13-20)22(25)27-17(3)4/h5-13,16-17H,14-15H2,1-4H3. The van der Waals surface area contributed by atoms with Gasteiger partial charge >= 0.3 is 5.97 Å². The Balaban J connectivity index is 1.93. The molecule has 0 unspecified atom stereocenters. The molecule has 0 aliphatic rings. The van der Waals surface area contributed by atoms with Gasteiger partial charge in [0.2, 0.25) is 0 Å². The second-order valence-electron chi connectivity index (χ2n) is 6.87. The molecular formula is C22H27NO4. The van der Waals surface area contributed by atoms with Crippen molar-refractivity contribution < 1.29 is 19.1 Å². The molecule has 0 aliphatic carbocycles. The van der Waals surface area contributed by atoms with Crippen LogP contribution in [0.5, 0.6) is 5.75 Å². The minimum Gasteiger partial charge on any atom is -0.484 e. The Hall–Kier alpha value is -2.82. The van der Waals surface area contributed by atoms with Gasteiger partial charge in [-0.3, -0.25) is 4.79 Å². The molecule has 0 aromatic heterocycles. The summed E-state index contributed by atoms with van der Waals surface area (Å²) in [6.07, 6.45) is -0.169. The fourth-order valence-corrected chi connectivity index (χ4v) is 2.54. The molecule has 5 nitrogen and oxygen atoms in total. The van der Waals surface area contributed by atoms with Gasteiger partial charge in [-0.05, 0) is 57.5 Å². The van der Waals surface area contributed by atoms with E-state index in [4.69, 9.17) is 9.47 Å². The monoisotopic (exact) mass is 369 g/mol. The highest BCUT2D eigenvalue weighted by Crippen LogP contribution is 2.15. The molecule has 0 aliphatic heterocycles. The fourth-order valence-electron chi connectivity index (χ4n) is 2.54. The Morgan fingerprint density at radius 2 is 1.56 bits per heavy atom. The molecule has 0 saturated carbocycles. The third-order valence-electron chi connectivity index (χ3n) is 3.93. The molecule has 1 amide bonds. The lowest BCUT2D eigenvalue weighted by molar-refractivity contribution is -0.135. The summed E-state index contributed by atoms with van der Waals surface area (Å²) in [5, 5.41) is 0. The number of nitrogens with zero attached hydrogens (tertiary/aromatic N) is 1. The molecule has 2 aromatic carbocycles. The normalized spacial score (nSPS) is 10.7. The van der Waals surface area contributed by atoms with Crippen LogP contribution in [-0.2, 0) is 16.1 Å². The highest BCUT2D eigenvalue weighted by molar-refractivity contribution is 5.89. The van der Waals surface area contributed by atoms with Crippen LogP contribution in [0, 0.1) is 0 Å². The van der Waals surface area contributed by atoms with Crippen LogP contribution in [0.15, 0.2) is 54.6 Å². The van der Waals surface area contributed by atoms with Crippen LogP contribution in [0.2, 0.25) is 0 Å². The molecule has 0 saturated heterocycles. The second kappa shape index (κ2) is 9.76. The highest BCUT2D eigenvalue weighted by atomic mass is 16.5. The first kappa shape index (κ1) is 20.5. The lowest BCUT2D eigenvalue weighted by atomic mass is 10.2. The number of amides is 1. The van der Waals surface area contributed by atoms with Gasteiger partial charge in [-0.1, -0.05) is 30.3 Å². The van der Waals surface area contributed by atoms with Crippen LogP contribution >= 0.6 is 0 Å². The number of carbonyl (C=O) groups excluding carboxylic acids is 2. The van der Waals surface area contributed by atoms with Gasteiger partial charge in [0.1, 0.15) is 5.75 Å². The van der Waals surface area contributed by atoms with Crippen molar-refractivity contribution in [1.29, 1.82) is 0 Å². The summed E-state index contributed by atoms with van der Waals surface area (Å²) < 4.78 is 10.8. The van der Waals surface area contributed by atoms with Crippen molar-refractivity contribution >= 4 is 11.9 Å². The Morgan fingerprint density at radius 1 is 0.926 bits per heavy atom. The Labute approximate surface area is 160 Å². The molecule has 5 heteroatoms. The average molecular weight is 369 g/mol. The lowest BCUT2D eigenvalue weighted by Gasteiger charge is -2.27. The molecular weight excluding hydrogens is 342 g/mol. The minimum atomic E-state index is -0.374. The first-order valence-corrected chi connectivity index (χ1v) is 9.14. The van der Waals surface area contributed by atoms with Gasteiger partial charge in [0.15, 0.2) is 6.61 Å². The highest BCUT2D eigenvalue weighted by Gasteiger charge is 2.18. The number of rotatable bonds is 8. The summed E-state index contributed by atoms with van der Waals surface area (Å²) in [6.45, 7) is 8.06. The SMILES string of the molecule is CC(C)OC(=O)c1ccc(OCC(=O)N(Cc2ccccc2)C(C)C)cc1. The molecule has 0 spiro atoms. The van der Waals surface area contributed by atoms with Crippen molar-refractivity contribution in [3.05, 3.63) is 65.7 Å². The summed E-state index contributed by atoms with van der Waals surface area (Å²) in [5.41, 5.74) is 1.53. The minimum absolute atomic E-state index is 0.0548. The smallest absolute Gasteiger partial charge is 0.338 e. The molecule has 2 aromatic rings. The molecule has 0 N–H and O–H groups in total. The first-order valence-electron chi connectivity index (χ1n) is 9.14. The lowest BCUT2D eigenvalue weighted by Crippen LogP contribution is -2.39. The number of esters is 1. The topological polar surface area (TPSA) is 55.8 Å². The van der Waals surface area contributed by atoms with Gasteiger partial charge in [0.25, 0.3) is 5.91 Å². The molecule has 0 bridgehead atoms. The molecule has 0 radical (unpaired) electrons. The molecule has 0 fully saturated rings. The maximum Gasteiger partial charge on any atom is 0.338 e.